The van der Waals surface area contributed by atoms with Gasteiger partial charge in [0.25, 0.3) is 0 Å². The Morgan fingerprint density at radius 2 is 2.15 bits per heavy atom. The lowest BCUT2D eigenvalue weighted by Gasteiger charge is -2.45. The molecule has 1 aromatic heterocycles. The first-order chi connectivity index (χ1) is 12.3. The van der Waals surface area contributed by atoms with Gasteiger partial charge in [0.15, 0.2) is 11.7 Å². The monoisotopic (exact) mass is 373 g/mol. The lowest BCUT2D eigenvalue weighted by atomic mass is 9.76. The standard InChI is InChI=1S/C17H26F3N5O/c1-21-15(22-9-13-10-24(2)23-14(13)17(18,19)20)25-7-3-5-16(11-25)6-4-8-26-12-16/h10H,3-9,11-12H2,1-2H3,(H,21,22). The van der Waals surface area contributed by atoms with E-state index in [4.69, 9.17) is 4.74 Å². The molecular weight excluding hydrogens is 347 g/mol. The van der Waals surface area contributed by atoms with Crippen molar-refractivity contribution < 1.29 is 17.9 Å². The van der Waals surface area contributed by atoms with Gasteiger partial charge in [-0.1, -0.05) is 0 Å². The van der Waals surface area contributed by atoms with Crippen LogP contribution in [-0.4, -0.2) is 54.0 Å². The van der Waals surface area contributed by atoms with E-state index in [0.29, 0.717) is 5.96 Å². The zero-order valence-corrected chi connectivity index (χ0v) is 15.3. The molecule has 1 aromatic rings. The summed E-state index contributed by atoms with van der Waals surface area (Å²) >= 11 is 0. The predicted molar refractivity (Wildman–Crippen MR) is 91.7 cm³/mol. The van der Waals surface area contributed by atoms with E-state index in [1.165, 1.54) is 17.9 Å². The number of aromatic nitrogens is 2. The number of alkyl halides is 3. The third-order valence-electron chi connectivity index (χ3n) is 5.19. The van der Waals surface area contributed by atoms with Gasteiger partial charge in [-0.15, -0.1) is 0 Å². The van der Waals surface area contributed by atoms with E-state index in [1.807, 2.05) is 0 Å². The predicted octanol–water partition coefficient (Wildman–Crippen LogP) is 2.41. The van der Waals surface area contributed by atoms with Crippen molar-refractivity contribution in [3.05, 3.63) is 17.5 Å². The fourth-order valence-electron chi connectivity index (χ4n) is 4.03. The van der Waals surface area contributed by atoms with Crippen LogP contribution in [0.25, 0.3) is 0 Å². The van der Waals surface area contributed by atoms with E-state index in [0.717, 1.165) is 52.0 Å². The lowest BCUT2D eigenvalue weighted by Crippen LogP contribution is -2.52. The van der Waals surface area contributed by atoms with Crippen molar-refractivity contribution in [1.29, 1.82) is 0 Å². The third kappa shape index (κ3) is 4.13. The summed E-state index contributed by atoms with van der Waals surface area (Å²) in [5.41, 5.74) is -0.591. The Morgan fingerprint density at radius 1 is 1.38 bits per heavy atom. The topological polar surface area (TPSA) is 54.7 Å². The van der Waals surface area contributed by atoms with E-state index in [2.05, 4.69) is 20.3 Å². The highest BCUT2D eigenvalue weighted by molar-refractivity contribution is 5.80. The van der Waals surface area contributed by atoms with Gasteiger partial charge < -0.3 is 15.0 Å². The summed E-state index contributed by atoms with van der Waals surface area (Å²) in [5, 5.41) is 6.63. The molecule has 0 bridgehead atoms. The van der Waals surface area contributed by atoms with Crippen molar-refractivity contribution in [1.82, 2.24) is 20.0 Å². The van der Waals surface area contributed by atoms with Crippen molar-refractivity contribution in [3.63, 3.8) is 0 Å². The number of ether oxygens (including phenoxy) is 1. The van der Waals surface area contributed by atoms with Crippen LogP contribution in [0, 0.1) is 5.41 Å². The lowest BCUT2D eigenvalue weighted by molar-refractivity contribution is -0.142. The molecule has 3 rings (SSSR count). The molecule has 1 atom stereocenters. The second-order valence-corrected chi connectivity index (χ2v) is 7.26. The minimum absolute atomic E-state index is 0.0371. The first-order valence-electron chi connectivity index (χ1n) is 8.96. The van der Waals surface area contributed by atoms with E-state index >= 15 is 0 Å². The van der Waals surface area contributed by atoms with Crippen LogP contribution >= 0.6 is 0 Å². The molecule has 6 nitrogen and oxygen atoms in total. The van der Waals surface area contributed by atoms with Gasteiger partial charge >= 0.3 is 6.18 Å². The Balaban J connectivity index is 1.67. The molecule has 146 valence electrons. The second kappa shape index (κ2) is 7.46. The zero-order valence-electron chi connectivity index (χ0n) is 15.3. The molecule has 1 N–H and O–H groups in total. The second-order valence-electron chi connectivity index (χ2n) is 7.26. The number of nitrogens with zero attached hydrogens (tertiary/aromatic N) is 4. The Morgan fingerprint density at radius 3 is 2.81 bits per heavy atom. The van der Waals surface area contributed by atoms with Crippen LogP contribution in [0.5, 0.6) is 0 Å². The number of aliphatic imine (C=N–C) groups is 1. The number of hydrogen-bond acceptors (Lipinski definition) is 3. The van der Waals surface area contributed by atoms with Crippen LogP contribution in [-0.2, 0) is 24.5 Å². The van der Waals surface area contributed by atoms with Crippen LogP contribution in [0.1, 0.15) is 36.9 Å². The largest absolute Gasteiger partial charge is 0.435 e. The van der Waals surface area contributed by atoms with Gasteiger partial charge in [0.1, 0.15) is 0 Å². The van der Waals surface area contributed by atoms with E-state index in [9.17, 15) is 13.2 Å². The molecule has 3 heterocycles. The Hall–Kier alpha value is -1.77. The molecule has 1 unspecified atom stereocenters. The molecule has 0 amide bonds. The van der Waals surface area contributed by atoms with E-state index < -0.39 is 11.9 Å². The molecule has 2 saturated heterocycles. The molecule has 0 aromatic carbocycles. The van der Waals surface area contributed by atoms with Crippen LogP contribution in [0.2, 0.25) is 0 Å². The molecule has 2 aliphatic rings. The van der Waals surface area contributed by atoms with Gasteiger partial charge in [-0.05, 0) is 25.7 Å². The number of rotatable bonds is 2. The van der Waals surface area contributed by atoms with Gasteiger partial charge in [-0.3, -0.25) is 9.67 Å². The van der Waals surface area contributed by atoms with Gasteiger partial charge in [-0.2, -0.15) is 18.3 Å². The SMILES string of the molecule is CN=C(NCc1cn(C)nc1C(F)(F)F)N1CCCC2(CCCOC2)C1. The van der Waals surface area contributed by atoms with Gasteiger partial charge in [0.2, 0.25) is 0 Å². The van der Waals surface area contributed by atoms with Crippen molar-refractivity contribution in [2.24, 2.45) is 17.5 Å². The summed E-state index contributed by atoms with van der Waals surface area (Å²) in [6.45, 7) is 3.28. The summed E-state index contributed by atoms with van der Waals surface area (Å²) in [6.07, 6.45) is 1.28. The van der Waals surface area contributed by atoms with Crippen molar-refractivity contribution in [3.8, 4) is 0 Å². The molecule has 9 heteroatoms. The first-order valence-corrected chi connectivity index (χ1v) is 8.96. The summed E-state index contributed by atoms with van der Waals surface area (Å²) in [4.78, 5) is 6.43. The van der Waals surface area contributed by atoms with Crippen LogP contribution in [0.4, 0.5) is 13.2 Å². The van der Waals surface area contributed by atoms with E-state index in [1.54, 1.807) is 7.05 Å². The molecule has 26 heavy (non-hydrogen) atoms. The maximum absolute atomic E-state index is 13.1. The minimum Gasteiger partial charge on any atom is -0.381 e. The summed E-state index contributed by atoms with van der Waals surface area (Å²) in [5.74, 6) is 0.631. The molecule has 2 fully saturated rings. The summed E-state index contributed by atoms with van der Waals surface area (Å²) in [6, 6.07) is 0. The smallest absolute Gasteiger partial charge is 0.381 e. The van der Waals surface area contributed by atoms with Crippen molar-refractivity contribution in [2.45, 2.75) is 38.4 Å². The molecule has 0 aliphatic carbocycles. The Kier molecular flexibility index (Phi) is 5.45. The number of nitrogens with one attached hydrogen (secondary N) is 1. The molecule has 0 saturated carbocycles. The fourth-order valence-corrected chi connectivity index (χ4v) is 4.03. The highest BCUT2D eigenvalue weighted by atomic mass is 19.4. The molecule has 2 aliphatic heterocycles. The van der Waals surface area contributed by atoms with Crippen molar-refractivity contribution in [2.75, 3.05) is 33.4 Å². The fraction of sp³-hybridized carbons (Fsp3) is 0.765. The minimum atomic E-state index is -4.46. The van der Waals surface area contributed by atoms with Gasteiger partial charge in [0, 0.05) is 57.5 Å². The first kappa shape index (κ1) is 19.0. The average Bonchev–Trinajstić information content (AvgIpc) is 2.97. The van der Waals surface area contributed by atoms with Crippen molar-refractivity contribution >= 4 is 5.96 Å². The van der Waals surface area contributed by atoms with E-state index in [-0.39, 0.29) is 17.5 Å². The summed E-state index contributed by atoms with van der Waals surface area (Å²) in [7, 11) is 3.15. The maximum atomic E-state index is 13.1. The quantitative estimate of drug-likeness (QED) is 0.639. The number of likely N-dealkylation sites (tertiary alicyclic amines) is 1. The molecule has 1 spiro atoms. The highest BCUT2D eigenvalue weighted by Gasteiger charge is 2.39. The number of piperidine rings is 1. The molecule has 0 radical (unpaired) electrons. The van der Waals surface area contributed by atoms with Crippen LogP contribution in [0.15, 0.2) is 11.2 Å². The van der Waals surface area contributed by atoms with Gasteiger partial charge in [-0.25, -0.2) is 0 Å². The summed E-state index contributed by atoms with van der Waals surface area (Å²) < 4.78 is 46.2. The average molecular weight is 373 g/mol. The number of aryl methyl sites for hydroxylation is 1. The highest BCUT2D eigenvalue weighted by Crippen LogP contribution is 2.37. The number of guanidine groups is 1. The normalized spacial score (nSPS) is 25.0. The van der Waals surface area contributed by atoms with Crippen LogP contribution in [0.3, 0.4) is 0 Å². The Labute approximate surface area is 151 Å². The Bertz CT molecular complexity index is 644. The number of hydrogen-bond donors (Lipinski definition) is 1. The van der Waals surface area contributed by atoms with Crippen LogP contribution < -0.4 is 5.32 Å². The molecular formula is C17H26F3N5O. The maximum Gasteiger partial charge on any atom is 0.435 e. The van der Waals surface area contributed by atoms with Gasteiger partial charge in [0.05, 0.1) is 6.61 Å². The third-order valence-corrected chi connectivity index (χ3v) is 5.19. The zero-order chi connectivity index (χ0) is 18.8. The number of halogens is 3.